The molecule has 2 aromatic heterocycles. The Bertz CT molecular complexity index is 2740. The maximum Gasteiger partial charge on any atom is 0.333 e. The zero-order chi connectivity index (χ0) is 47.4. The number of phenolic OH excluding ortho intramolecular Hbond substituents is 1. The summed E-state index contributed by atoms with van der Waals surface area (Å²) in [4.78, 5) is 48.7. The molecular weight excluding hydrogens is 973 g/mol. The number of rotatable bonds is 16. The van der Waals surface area contributed by atoms with Crippen LogP contribution in [0.5, 0.6) is 11.5 Å². The first-order valence-corrected chi connectivity index (χ1v) is 23.6. The van der Waals surface area contributed by atoms with E-state index in [4.69, 9.17) is 15.3 Å². The number of hydrogen-bond donors (Lipinski definition) is 2. The highest BCUT2D eigenvalue weighted by Gasteiger charge is 2.33. The second kappa shape index (κ2) is 20.8. The number of benzene rings is 4. The summed E-state index contributed by atoms with van der Waals surface area (Å²) in [5, 5.41) is 15.5. The molecule has 14 nitrogen and oxygen atoms in total. The van der Waals surface area contributed by atoms with Crippen LogP contribution in [0.25, 0.3) is 11.3 Å². The minimum Gasteiger partial charge on any atom is -0.508 e. The molecule has 67 heavy (non-hydrogen) atoms. The van der Waals surface area contributed by atoms with Gasteiger partial charge in [0.15, 0.2) is 0 Å². The summed E-state index contributed by atoms with van der Waals surface area (Å²) >= 11 is 2.15. The number of phenols is 1. The maximum atomic E-state index is 15.1. The molecule has 2 aliphatic heterocycles. The molecular formula is C50H53F2IN8O6. The number of carbonyl (C=O) groups is 3. The zero-order valence-electron chi connectivity index (χ0n) is 37.6. The number of halogens is 3. The molecule has 6 aromatic rings. The van der Waals surface area contributed by atoms with Crippen molar-refractivity contribution in [3.05, 3.63) is 148 Å². The Morgan fingerprint density at radius 2 is 1.64 bits per heavy atom. The van der Waals surface area contributed by atoms with Crippen LogP contribution in [-0.4, -0.2) is 95.5 Å². The monoisotopic (exact) mass is 1030 g/mol. The van der Waals surface area contributed by atoms with Gasteiger partial charge in [-0.15, -0.1) is 0 Å². The second-order valence-electron chi connectivity index (χ2n) is 16.9. The van der Waals surface area contributed by atoms with E-state index in [0.29, 0.717) is 102 Å². The number of ether oxygens (including phenoxy) is 2. The van der Waals surface area contributed by atoms with Crippen molar-refractivity contribution in [3.63, 3.8) is 0 Å². The van der Waals surface area contributed by atoms with Gasteiger partial charge in [0.25, 0.3) is 11.8 Å². The Morgan fingerprint density at radius 1 is 0.910 bits per heavy atom. The third kappa shape index (κ3) is 10.5. The van der Waals surface area contributed by atoms with Crippen molar-refractivity contribution in [2.75, 3.05) is 42.4 Å². The topological polar surface area (TPSA) is 152 Å². The second-order valence-corrected chi connectivity index (χ2v) is 17.5. The summed E-state index contributed by atoms with van der Waals surface area (Å²) in [7, 11) is 1.83. The molecule has 0 bridgehead atoms. The molecule has 0 aliphatic carbocycles. The van der Waals surface area contributed by atoms with Crippen LogP contribution in [0.2, 0.25) is 0 Å². The number of hydrogen-bond acceptors (Lipinski definition) is 9. The van der Waals surface area contributed by atoms with Crippen molar-refractivity contribution in [3.8, 4) is 22.8 Å². The number of aromatic nitrogens is 3. The van der Waals surface area contributed by atoms with E-state index in [2.05, 4.69) is 33.8 Å². The van der Waals surface area contributed by atoms with Crippen LogP contribution in [0.15, 0.2) is 103 Å². The molecule has 3 amide bonds. The Morgan fingerprint density at radius 3 is 2.36 bits per heavy atom. The van der Waals surface area contributed by atoms with E-state index in [1.54, 1.807) is 18.0 Å². The summed E-state index contributed by atoms with van der Waals surface area (Å²) in [6.07, 6.45) is 3.72. The van der Waals surface area contributed by atoms with E-state index in [9.17, 15) is 23.5 Å². The molecule has 4 heterocycles. The van der Waals surface area contributed by atoms with Crippen LogP contribution < -0.4 is 15.5 Å². The number of amides is 3. The van der Waals surface area contributed by atoms with Crippen LogP contribution in [0.4, 0.5) is 20.2 Å². The molecule has 17 heteroatoms. The van der Waals surface area contributed by atoms with E-state index in [1.165, 1.54) is 40.9 Å². The molecule has 0 saturated heterocycles. The zero-order valence-corrected chi connectivity index (χ0v) is 39.7. The third-order valence-corrected chi connectivity index (χ3v) is 13.1. The lowest BCUT2D eigenvalue weighted by molar-refractivity contribution is -0.131. The number of nitrogens with two attached hydrogens (primary N) is 1. The SMILES string of the molecule is Cc1c(C(=O)N(c2ccc(O)cc2)c2cnn(C(F)F)c2)cc(-c2cc3c(cc2C(=O)N2Cc4ccccc4C[C@H]2C)CN(C(=O)Cc2ccc(OCCN(N)CCOCI)cc2)CC3)n1C. The smallest absolute Gasteiger partial charge is 0.333 e. The highest BCUT2D eigenvalue weighted by Crippen LogP contribution is 2.37. The number of anilines is 2. The van der Waals surface area contributed by atoms with E-state index in [-0.39, 0.29) is 41.3 Å². The molecule has 350 valence electrons. The summed E-state index contributed by atoms with van der Waals surface area (Å²) in [6, 6.07) is 27.0. The Hall–Kier alpha value is -6.15. The average Bonchev–Trinajstić information content (AvgIpc) is 3.93. The number of nitrogens with zero attached hydrogens (tertiary/aromatic N) is 7. The predicted octanol–water partition coefficient (Wildman–Crippen LogP) is 7.95. The largest absolute Gasteiger partial charge is 0.508 e. The van der Waals surface area contributed by atoms with Gasteiger partial charge < -0.3 is 28.9 Å². The number of carbonyl (C=O) groups excluding carboxylic acids is 3. The molecule has 0 saturated carbocycles. The summed E-state index contributed by atoms with van der Waals surface area (Å²) in [6.45, 7) is 4.21. The maximum absolute atomic E-state index is 15.1. The van der Waals surface area contributed by atoms with Gasteiger partial charge in [-0.2, -0.15) is 13.9 Å². The first kappa shape index (κ1) is 47.3. The van der Waals surface area contributed by atoms with Crippen molar-refractivity contribution in [1.82, 2.24) is 29.2 Å². The number of fused-ring (bicyclic) bond motifs is 2. The fraction of sp³-hybridized carbons (Fsp3) is 0.320. The molecule has 0 fully saturated rings. The first-order valence-electron chi connectivity index (χ1n) is 22.1. The number of aromatic hydroxyl groups is 1. The lowest BCUT2D eigenvalue weighted by Gasteiger charge is -2.36. The summed E-state index contributed by atoms with van der Waals surface area (Å²) in [5.74, 6) is 5.94. The van der Waals surface area contributed by atoms with Crippen molar-refractivity contribution in [2.45, 2.75) is 58.8 Å². The number of alkyl halides is 3. The minimum atomic E-state index is -2.93. The van der Waals surface area contributed by atoms with Crippen LogP contribution in [0, 0.1) is 6.92 Å². The van der Waals surface area contributed by atoms with Gasteiger partial charge in [0, 0.05) is 74.0 Å². The van der Waals surface area contributed by atoms with Crippen LogP contribution in [0.1, 0.15) is 67.7 Å². The summed E-state index contributed by atoms with van der Waals surface area (Å²) < 4.78 is 41.6. The normalized spacial score (nSPS) is 14.6. The fourth-order valence-corrected chi connectivity index (χ4v) is 9.08. The molecule has 4 aromatic carbocycles. The highest BCUT2D eigenvalue weighted by atomic mass is 127. The highest BCUT2D eigenvalue weighted by molar-refractivity contribution is 14.1. The fourth-order valence-electron chi connectivity index (χ4n) is 8.77. The van der Waals surface area contributed by atoms with Gasteiger partial charge in [0.2, 0.25) is 5.91 Å². The van der Waals surface area contributed by atoms with E-state index < -0.39 is 12.5 Å². The molecule has 3 N–H and O–H groups in total. The molecule has 0 unspecified atom stereocenters. The lowest BCUT2D eigenvalue weighted by atomic mass is 9.89. The van der Waals surface area contributed by atoms with Gasteiger partial charge >= 0.3 is 6.55 Å². The van der Waals surface area contributed by atoms with E-state index in [1.807, 2.05) is 82.9 Å². The van der Waals surface area contributed by atoms with Crippen LogP contribution in [0.3, 0.4) is 0 Å². The molecule has 1 atom stereocenters. The predicted molar refractivity (Wildman–Crippen MR) is 258 cm³/mol. The van der Waals surface area contributed by atoms with Gasteiger partial charge in [-0.3, -0.25) is 25.1 Å². The molecule has 0 spiro atoms. The molecule has 8 rings (SSSR count). The van der Waals surface area contributed by atoms with Crippen molar-refractivity contribution >= 4 is 51.7 Å². The number of hydrazine groups is 1. The molecule has 2 aliphatic rings. The van der Waals surface area contributed by atoms with Crippen LogP contribution >= 0.6 is 22.6 Å². The quantitative estimate of drug-likeness (QED) is 0.0324. The first-order chi connectivity index (χ1) is 32.3. The van der Waals surface area contributed by atoms with Gasteiger partial charge in [0.1, 0.15) is 18.1 Å². The third-order valence-electron chi connectivity index (χ3n) is 12.6. The Balaban J connectivity index is 1.08. The lowest BCUT2D eigenvalue weighted by Crippen LogP contribution is -2.43. The van der Waals surface area contributed by atoms with E-state index in [0.717, 1.165) is 28.5 Å². The van der Waals surface area contributed by atoms with Crippen LogP contribution in [-0.2, 0) is 48.9 Å². The molecule has 0 radical (unpaired) electrons. The van der Waals surface area contributed by atoms with Crippen molar-refractivity contribution in [2.24, 2.45) is 12.9 Å². The summed E-state index contributed by atoms with van der Waals surface area (Å²) in [5.41, 5.74) is 7.95. The van der Waals surface area contributed by atoms with Gasteiger partial charge in [0.05, 0.1) is 41.3 Å². The van der Waals surface area contributed by atoms with Gasteiger partial charge in [-0.05, 0) is 109 Å². The Kier molecular flexibility index (Phi) is 14.7. The Labute approximate surface area is 401 Å². The van der Waals surface area contributed by atoms with Gasteiger partial charge in [-0.25, -0.2) is 9.69 Å². The van der Waals surface area contributed by atoms with E-state index >= 15 is 4.79 Å². The standard InChI is InChI=1S/C50H53F2IN8O6/c1-32-22-35-6-4-5-7-37(35)29-59(32)48(64)45-25-38-28-57(47(63)23-34-8-14-42(15-9-34)67-21-19-58(54)18-20-66-31-53)17-16-36(38)24-44(45)46-26-43(33(2)56(46)3)49(65)61(39-10-12-41(62)13-11-39)40-27-55-60(30-40)50(51)52/h4-15,24-27,30,32,50,62H,16-23,28-29,31,54H2,1-3H3/t32-/m1/s1. The average molecular weight is 1030 g/mol. The minimum absolute atomic E-state index is 0.0295. The van der Waals surface area contributed by atoms with Gasteiger partial charge in [-0.1, -0.05) is 59.0 Å². The van der Waals surface area contributed by atoms with Crippen molar-refractivity contribution in [1.29, 1.82) is 0 Å². The van der Waals surface area contributed by atoms with Crippen molar-refractivity contribution < 1.29 is 37.7 Å².